The highest BCUT2D eigenvalue weighted by Gasteiger charge is 2.05. The van der Waals surface area contributed by atoms with E-state index in [1.165, 1.54) is 12.1 Å². The molecule has 1 amide bonds. The highest BCUT2D eigenvalue weighted by atomic mass is 19.1. The number of aryl methyl sites for hydroxylation is 1. The molecule has 110 valence electrons. The van der Waals surface area contributed by atoms with Crippen molar-refractivity contribution in [2.24, 2.45) is 0 Å². The van der Waals surface area contributed by atoms with Crippen LogP contribution in [0.25, 0.3) is 0 Å². The fourth-order valence-corrected chi connectivity index (χ4v) is 1.91. The smallest absolute Gasteiger partial charge is 0.243 e. The van der Waals surface area contributed by atoms with E-state index in [2.05, 4.69) is 10.6 Å². The highest BCUT2D eigenvalue weighted by Crippen LogP contribution is 2.20. The Morgan fingerprint density at radius 2 is 2.05 bits per heavy atom. The first-order valence-corrected chi connectivity index (χ1v) is 6.52. The zero-order chi connectivity index (χ0) is 15.2. The monoisotopic (exact) mass is 288 g/mol. The van der Waals surface area contributed by atoms with Gasteiger partial charge >= 0.3 is 0 Å². The Balaban J connectivity index is 1.92. The maximum absolute atomic E-state index is 13.0. The van der Waals surface area contributed by atoms with E-state index in [-0.39, 0.29) is 18.3 Å². The van der Waals surface area contributed by atoms with Crippen LogP contribution in [0, 0.1) is 12.7 Å². The Morgan fingerprint density at radius 1 is 1.24 bits per heavy atom. The Bertz CT molecular complexity index is 644. The van der Waals surface area contributed by atoms with Gasteiger partial charge in [-0.3, -0.25) is 4.79 Å². The standard InChI is InChI=1S/C16H17FN2O2/c1-11-8-14(21-2)6-7-15(11)18-10-16(20)19-13-5-3-4-12(17)9-13/h3-9,18H,10H2,1-2H3,(H,19,20). The molecular weight excluding hydrogens is 271 g/mol. The maximum Gasteiger partial charge on any atom is 0.243 e. The molecule has 0 aromatic heterocycles. The molecule has 0 heterocycles. The molecule has 2 aromatic rings. The summed E-state index contributed by atoms with van der Waals surface area (Å²) in [7, 11) is 1.61. The summed E-state index contributed by atoms with van der Waals surface area (Å²) in [5.41, 5.74) is 2.27. The predicted octanol–water partition coefficient (Wildman–Crippen LogP) is 3.19. The van der Waals surface area contributed by atoms with Gasteiger partial charge < -0.3 is 15.4 Å². The van der Waals surface area contributed by atoms with Crippen molar-refractivity contribution < 1.29 is 13.9 Å². The Labute approximate surface area is 122 Å². The van der Waals surface area contributed by atoms with Crippen LogP contribution in [0.3, 0.4) is 0 Å². The van der Waals surface area contributed by atoms with Gasteiger partial charge in [0.2, 0.25) is 5.91 Å². The molecule has 0 aliphatic rings. The van der Waals surface area contributed by atoms with Crippen LogP contribution in [-0.2, 0) is 4.79 Å². The van der Waals surface area contributed by atoms with Crippen LogP contribution in [0.4, 0.5) is 15.8 Å². The van der Waals surface area contributed by atoms with E-state index in [4.69, 9.17) is 4.74 Å². The molecular formula is C16H17FN2O2. The number of anilines is 2. The lowest BCUT2D eigenvalue weighted by atomic mass is 10.2. The minimum absolute atomic E-state index is 0.101. The number of hydrogen-bond donors (Lipinski definition) is 2. The summed E-state index contributed by atoms with van der Waals surface area (Å²) >= 11 is 0. The number of amides is 1. The third-order valence-electron chi connectivity index (χ3n) is 2.98. The molecule has 0 saturated heterocycles. The summed E-state index contributed by atoms with van der Waals surface area (Å²) in [4.78, 5) is 11.8. The summed E-state index contributed by atoms with van der Waals surface area (Å²) in [5.74, 6) is 0.143. The topological polar surface area (TPSA) is 50.4 Å². The predicted molar refractivity (Wildman–Crippen MR) is 81.3 cm³/mol. The molecule has 5 heteroatoms. The van der Waals surface area contributed by atoms with Crippen LogP contribution in [-0.4, -0.2) is 19.6 Å². The van der Waals surface area contributed by atoms with E-state index in [0.29, 0.717) is 5.69 Å². The summed E-state index contributed by atoms with van der Waals surface area (Å²) in [6.07, 6.45) is 0. The van der Waals surface area contributed by atoms with E-state index in [0.717, 1.165) is 17.0 Å². The van der Waals surface area contributed by atoms with Gasteiger partial charge in [-0.25, -0.2) is 4.39 Å². The molecule has 0 bridgehead atoms. The lowest BCUT2D eigenvalue weighted by Gasteiger charge is -2.11. The van der Waals surface area contributed by atoms with Crippen molar-refractivity contribution in [2.75, 3.05) is 24.3 Å². The molecule has 0 aliphatic carbocycles. The van der Waals surface area contributed by atoms with E-state index in [9.17, 15) is 9.18 Å². The first kappa shape index (κ1) is 14.8. The number of nitrogens with one attached hydrogen (secondary N) is 2. The third-order valence-corrected chi connectivity index (χ3v) is 2.98. The second kappa shape index (κ2) is 6.74. The number of carbonyl (C=O) groups is 1. The maximum atomic E-state index is 13.0. The fraction of sp³-hybridized carbons (Fsp3) is 0.188. The molecule has 0 radical (unpaired) electrons. The lowest BCUT2D eigenvalue weighted by molar-refractivity contribution is -0.114. The second-order valence-corrected chi connectivity index (χ2v) is 4.59. The first-order chi connectivity index (χ1) is 10.1. The van der Waals surface area contributed by atoms with Crippen LogP contribution in [0.1, 0.15) is 5.56 Å². The first-order valence-electron chi connectivity index (χ1n) is 6.52. The summed E-state index contributed by atoms with van der Waals surface area (Å²) in [6, 6.07) is 11.3. The Kier molecular flexibility index (Phi) is 4.77. The average molecular weight is 288 g/mol. The zero-order valence-corrected chi connectivity index (χ0v) is 11.9. The molecule has 2 rings (SSSR count). The van der Waals surface area contributed by atoms with E-state index in [1.807, 2.05) is 25.1 Å². The van der Waals surface area contributed by atoms with E-state index >= 15 is 0 Å². The van der Waals surface area contributed by atoms with Gasteiger partial charge in [0, 0.05) is 11.4 Å². The molecule has 0 saturated carbocycles. The molecule has 0 spiro atoms. The van der Waals surface area contributed by atoms with E-state index in [1.54, 1.807) is 19.2 Å². The number of benzene rings is 2. The summed E-state index contributed by atoms with van der Waals surface area (Å²) < 4.78 is 18.1. The minimum atomic E-state index is -0.383. The molecule has 2 aromatic carbocycles. The Hall–Kier alpha value is -2.56. The quantitative estimate of drug-likeness (QED) is 0.888. The van der Waals surface area contributed by atoms with Crippen molar-refractivity contribution in [3.8, 4) is 5.75 Å². The van der Waals surface area contributed by atoms with Gasteiger partial charge in [0.1, 0.15) is 11.6 Å². The fourth-order valence-electron chi connectivity index (χ4n) is 1.91. The zero-order valence-electron chi connectivity index (χ0n) is 11.9. The second-order valence-electron chi connectivity index (χ2n) is 4.59. The van der Waals surface area contributed by atoms with Crippen LogP contribution in [0.2, 0.25) is 0 Å². The number of halogens is 1. The molecule has 0 aliphatic heterocycles. The summed E-state index contributed by atoms with van der Waals surface area (Å²) in [6.45, 7) is 2.03. The number of carbonyl (C=O) groups excluding carboxylic acids is 1. The van der Waals surface area contributed by atoms with Crippen LogP contribution in [0.15, 0.2) is 42.5 Å². The normalized spacial score (nSPS) is 10.0. The molecule has 0 atom stereocenters. The third kappa shape index (κ3) is 4.21. The van der Waals surface area contributed by atoms with Crippen molar-refractivity contribution in [3.63, 3.8) is 0 Å². The summed E-state index contributed by atoms with van der Waals surface area (Å²) in [5, 5.41) is 5.67. The number of rotatable bonds is 5. The van der Waals surface area contributed by atoms with Gasteiger partial charge in [-0.1, -0.05) is 6.07 Å². The molecule has 21 heavy (non-hydrogen) atoms. The van der Waals surface area contributed by atoms with Gasteiger partial charge in [-0.05, 0) is 48.9 Å². The van der Waals surface area contributed by atoms with Crippen LogP contribution in [0.5, 0.6) is 5.75 Å². The van der Waals surface area contributed by atoms with Crippen LogP contribution < -0.4 is 15.4 Å². The van der Waals surface area contributed by atoms with Crippen molar-refractivity contribution in [3.05, 3.63) is 53.8 Å². The van der Waals surface area contributed by atoms with Crippen molar-refractivity contribution >= 4 is 17.3 Å². The largest absolute Gasteiger partial charge is 0.497 e. The van der Waals surface area contributed by atoms with Gasteiger partial charge in [-0.15, -0.1) is 0 Å². The number of hydrogen-bond acceptors (Lipinski definition) is 3. The van der Waals surface area contributed by atoms with Crippen molar-refractivity contribution in [1.29, 1.82) is 0 Å². The molecule has 2 N–H and O–H groups in total. The van der Waals surface area contributed by atoms with Crippen molar-refractivity contribution in [2.45, 2.75) is 6.92 Å². The van der Waals surface area contributed by atoms with Gasteiger partial charge in [0.05, 0.1) is 13.7 Å². The van der Waals surface area contributed by atoms with Gasteiger partial charge in [0.25, 0.3) is 0 Å². The van der Waals surface area contributed by atoms with Gasteiger partial charge in [-0.2, -0.15) is 0 Å². The van der Waals surface area contributed by atoms with Gasteiger partial charge in [0.15, 0.2) is 0 Å². The van der Waals surface area contributed by atoms with Crippen molar-refractivity contribution in [1.82, 2.24) is 0 Å². The minimum Gasteiger partial charge on any atom is -0.497 e. The molecule has 4 nitrogen and oxygen atoms in total. The number of methoxy groups -OCH3 is 1. The lowest BCUT2D eigenvalue weighted by Crippen LogP contribution is -2.22. The van der Waals surface area contributed by atoms with E-state index < -0.39 is 0 Å². The highest BCUT2D eigenvalue weighted by molar-refractivity contribution is 5.93. The molecule has 0 fully saturated rings. The molecule has 0 unspecified atom stereocenters. The number of ether oxygens (including phenoxy) is 1. The average Bonchev–Trinajstić information content (AvgIpc) is 2.46. The van der Waals surface area contributed by atoms with Crippen LogP contribution >= 0.6 is 0 Å². The SMILES string of the molecule is COc1ccc(NCC(=O)Nc2cccc(F)c2)c(C)c1. The Morgan fingerprint density at radius 3 is 2.71 bits per heavy atom.